The van der Waals surface area contributed by atoms with E-state index in [-0.39, 0.29) is 0 Å². The van der Waals surface area contributed by atoms with Gasteiger partial charge in [-0.15, -0.1) is 0 Å². The molecule has 0 heterocycles. The maximum absolute atomic E-state index is 9.52. The lowest BCUT2D eigenvalue weighted by Gasteiger charge is -2.11. The Morgan fingerprint density at radius 2 is 2.00 bits per heavy atom. The minimum absolute atomic E-state index is 0.428. The molecule has 0 amide bonds. The lowest BCUT2D eigenvalue weighted by atomic mass is 10.0. The van der Waals surface area contributed by atoms with Gasteiger partial charge >= 0.3 is 0 Å². The van der Waals surface area contributed by atoms with E-state index in [0.717, 1.165) is 14.5 Å². The third-order valence-electron chi connectivity index (χ3n) is 2.97. The van der Waals surface area contributed by atoms with E-state index in [1.54, 1.807) is 24.3 Å². The highest BCUT2D eigenvalue weighted by molar-refractivity contribution is 9.11. The number of halogens is 4. The van der Waals surface area contributed by atoms with Crippen LogP contribution in [0.4, 0.5) is 0 Å². The largest absolute Gasteiger partial charge is 0.492 e. The molecule has 0 aliphatic heterocycles. The average Bonchev–Trinajstić information content (AvgIpc) is 2.48. The topological polar surface area (TPSA) is 33.0 Å². The number of nitriles is 1. The van der Waals surface area contributed by atoms with Crippen molar-refractivity contribution in [1.82, 2.24) is 0 Å². The van der Waals surface area contributed by atoms with Gasteiger partial charge in [0.2, 0.25) is 0 Å². The van der Waals surface area contributed by atoms with Crippen molar-refractivity contribution in [3.8, 4) is 11.8 Å². The van der Waals surface area contributed by atoms with Crippen molar-refractivity contribution in [3.05, 3.63) is 60.4 Å². The van der Waals surface area contributed by atoms with Crippen LogP contribution in [0.5, 0.6) is 5.75 Å². The molecule has 2 rings (SSSR count). The molecule has 0 saturated heterocycles. The molecule has 0 aliphatic carbocycles. The van der Waals surface area contributed by atoms with Crippen LogP contribution < -0.4 is 4.74 Å². The Labute approximate surface area is 161 Å². The summed E-state index contributed by atoms with van der Waals surface area (Å²) in [5, 5.41) is 10.5. The monoisotopic (exact) mass is 473 g/mol. The first-order chi connectivity index (χ1) is 11.0. The fourth-order valence-electron chi connectivity index (χ4n) is 2.02. The van der Waals surface area contributed by atoms with Crippen LogP contribution in [0, 0.1) is 11.3 Å². The molecule has 0 bridgehead atoms. The van der Waals surface area contributed by atoms with Crippen LogP contribution in [0.1, 0.15) is 18.1 Å². The summed E-state index contributed by atoms with van der Waals surface area (Å²) in [6.07, 6.45) is 1.75. The first-order valence-corrected chi connectivity index (χ1v) is 8.99. The van der Waals surface area contributed by atoms with E-state index < -0.39 is 0 Å². The minimum atomic E-state index is 0.428. The SMILES string of the molecule is CCOc1c(Br)cc(Br)cc1/C=C(\C#N)c1ccc(Cl)cc1Cl. The summed E-state index contributed by atoms with van der Waals surface area (Å²) < 4.78 is 7.36. The highest BCUT2D eigenvalue weighted by Crippen LogP contribution is 2.36. The van der Waals surface area contributed by atoms with Crippen molar-refractivity contribution >= 4 is 66.7 Å². The third kappa shape index (κ3) is 4.51. The molecule has 6 heteroatoms. The van der Waals surface area contributed by atoms with Crippen LogP contribution in [-0.4, -0.2) is 6.61 Å². The van der Waals surface area contributed by atoms with E-state index in [4.69, 9.17) is 27.9 Å². The molecule has 2 aromatic rings. The van der Waals surface area contributed by atoms with Crippen LogP contribution in [0.15, 0.2) is 39.3 Å². The Hall–Kier alpha value is -0.990. The molecule has 0 radical (unpaired) electrons. The van der Waals surface area contributed by atoms with Gasteiger partial charge in [-0.25, -0.2) is 0 Å². The van der Waals surface area contributed by atoms with Gasteiger partial charge in [0, 0.05) is 20.6 Å². The van der Waals surface area contributed by atoms with E-state index in [9.17, 15) is 5.26 Å². The Balaban J connectivity index is 2.60. The molecule has 2 nitrogen and oxygen atoms in total. The zero-order chi connectivity index (χ0) is 17.0. The van der Waals surface area contributed by atoms with Gasteiger partial charge in [-0.1, -0.05) is 45.2 Å². The maximum atomic E-state index is 9.52. The van der Waals surface area contributed by atoms with Crippen LogP contribution in [-0.2, 0) is 0 Å². The lowest BCUT2D eigenvalue weighted by Crippen LogP contribution is -1.96. The smallest absolute Gasteiger partial charge is 0.140 e. The summed E-state index contributed by atoms with van der Waals surface area (Å²) in [5.74, 6) is 0.675. The summed E-state index contributed by atoms with van der Waals surface area (Å²) in [4.78, 5) is 0. The van der Waals surface area contributed by atoms with Crippen molar-refractivity contribution in [2.45, 2.75) is 6.92 Å². The molecule has 0 aliphatic rings. The first kappa shape index (κ1) is 18.4. The molecule has 2 aromatic carbocycles. The van der Waals surface area contributed by atoms with Crippen LogP contribution in [0.2, 0.25) is 10.0 Å². The van der Waals surface area contributed by atoms with E-state index in [0.29, 0.717) is 33.5 Å². The molecular formula is C17H11Br2Cl2NO. The zero-order valence-corrected chi connectivity index (χ0v) is 16.7. The maximum Gasteiger partial charge on any atom is 0.140 e. The van der Waals surface area contributed by atoms with E-state index in [1.165, 1.54) is 0 Å². The van der Waals surface area contributed by atoms with Gasteiger partial charge in [-0.05, 0) is 53.2 Å². The predicted molar refractivity (Wildman–Crippen MR) is 103 cm³/mol. The highest BCUT2D eigenvalue weighted by atomic mass is 79.9. The Morgan fingerprint density at radius 1 is 1.26 bits per heavy atom. The summed E-state index contributed by atoms with van der Waals surface area (Å²) in [7, 11) is 0. The second kappa shape index (κ2) is 8.21. The van der Waals surface area contributed by atoms with Gasteiger partial charge in [-0.3, -0.25) is 0 Å². The Morgan fingerprint density at radius 3 is 2.61 bits per heavy atom. The van der Waals surface area contributed by atoms with Gasteiger partial charge in [-0.2, -0.15) is 5.26 Å². The Kier molecular flexibility index (Phi) is 6.55. The van der Waals surface area contributed by atoms with Gasteiger partial charge < -0.3 is 4.74 Å². The number of benzene rings is 2. The van der Waals surface area contributed by atoms with Gasteiger partial charge in [0.25, 0.3) is 0 Å². The molecule has 0 atom stereocenters. The molecule has 0 spiro atoms. The minimum Gasteiger partial charge on any atom is -0.492 e. The lowest BCUT2D eigenvalue weighted by molar-refractivity contribution is 0.337. The number of allylic oxidation sites excluding steroid dienone is 1. The number of nitrogens with zero attached hydrogens (tertiary/aromatic N) is 1. The van der Waals surface area contributed by atoms with Crippen molar-refractivity contribution < 1.29 is 4.74 Å². The quantitative estimate of drug-likeness (QED) is 0.353. The highest BCUT2D eigenvalue weighted by Gasteiger charge is 2.12. The molecule has 0 saturated carbocycles. The van der Waals surface area contributed by atoms with Gasteiger partial charge in [0.15, 0.2) is 0 Å². The van der Waals surface area contributed by atoms with Crippen molar-refractivity contribution in [2.24, 2.45) is 0 Å². The molecule has 0 N–H and O–H groups in total. The molecule has 118 valence electrons. The van der Waals surface area contributed by atoms with Gasteiger partial charge in [0.1, 0.15) is 5.75 Å². The summed E-state index contributed by atoms with van der Waals surface area (Å²) >= 11 is 19.0. The van der Waals surface area contributed by atoms with Crippen molar-refractivity contribution in [2.75, 3.05) is 6.61 Å². The van der Waals surface area contributed by atoms with E-state index >= 15 is 0 Å². The molecule has 0 fully saturated rings. The van der Waals surface area contributed by atoms with Crippen LogP contribution in [0.25, 0.3) is 11.6 Å². The zero-order valence-electron chi connectivity index (χ0n) is 12.0. The van der Waals surface area contributed by atoms with Crippen molar-refractivity contribution in [3.63, 3.8) is 0 Å². The van der Waals surface area contributed by atoms with Crippen LogP contribution in [0.3, 0.4) is 0 Å². The number of hydrogen-bond donors (Lipinski definition) is 0. The van der Waals surface area contributed by atoms with Crippen molar-refractivity contribution in [1.29, 1.82) is 5.26 Å². The number of ether oxygens (including phenoxy) is 1. The summed E-state index contributed by atoms with van der Waals surface area (Å²) in [6, 6.07) is 11.0. The molecular weight excluding hydrogens is 465 g/mol. The molecule has 0 aromatic heterocycles. The third-order valence-corrected chi connectivity index (χ3v) is 4.56. The first-order valence-electron chi connectivity index (χ1n) is 6.65. The van der Waals surface area contributed by atoms with E-state index in [1.807, 2.05) is 19.1 Å². The second-order valence-electron chi connectivity index (χ2n) is 4.53. The molecule has 0 unspecified atom stereocenters. The number of hydrogen-bond acceptors (Lipinski definition) is 2. The average molecular weight is 476 g/mol. The summed E-state index contributed by atoms with van der Waals surface area (Å²) in [5.41, 5.74) is 1.82. The predicted octanol–water partition coefficient (Wildman–Crippen LogP) is 6.98. The number of rotatable bonds is 4. The Bertz CT molecular complexity index is 813. The standard InChI is InChI=1S/C17H11Br2Cl2NO/c1-2-23-17-10(6-12(18)7-15(17)19)5-11(9-22)14-4-3-13(20)8-16(14)21/h3-8H,2H2,1H3/b11-5+. The van der Waals surface area contributed by atoms with Gasteiger partial charge in [0.05, 0.1) is 27.7 Å². The van der Waals surface area contributed by atoms with E-state index in [2.05, 4.69) is 37.9 Å². The fraction of sp³-hybridized carbons (Fsp3) is 0.118. The van der Waals surface area contributed by atoms with Crippen LogP contribution >= 0.6 is 55.1 Å². The second-order valence-corrected chi connectivity index (χ2v) is 7.15. The fourth-order valence-corrected chi connectivity index (χ4v) is 3.90. The molecule has 23 heavy (non-hydrogen) atoms. The summed E-state index contributed by atoms with van der Waals surface area (Å²) in [6.45, 7) is 2.42. The normalized spacial score (nSPS) is 11.2.